The molecule has 19 heavy (non-hydrogen) atoms. The van der Waals surface area contributed by atoms with Gasteiger partial charge in [0, 0.05) is 14.8 Å². The largest absolute Gasteiger partial charge is 0.477 e. The number of carboxylic acids is 1. The maximum atomic E-state index is 11.7. The molecule has 1 aromatic heterocycles. The number of nitrogens with zero attached hydrogens (tertiary/aromatic N) is 1. The van der Waals surface area contributed by atoms with Gasteiger partial charge < -0.3 is 5.11 Å². The number of benzene rings is 1. The lowest BCUT2D eigenvalue weighted by molar-refractivity contribution is 0.0694. The molecule has 0 saturated carbocycles. The first kappa shape index (κ1) is 13.8. The van der Waals surface area contributed by atoms with Crippen LogP contribution in [0.25, 0.3) is 5.69 Å². The highest BCUT2D eigenvalue weighted by molar-refractivity contribution is 14.1. The van der Waals surface area contributed by atoms with Gasteiger partial charge in [0.15, 0.2) is 0 Å². The van der Waals surface area contributed by atoms with Crippen LogP contribution in [0.3, 0.4) is 0 Å². The Morgan fingerprint density at radius 1 is 1.37 bits per heavy atom. The van der Waals surface area contributed by atoms with Crippen LogP contribution < -0.4 is 11.2 Å². The van der Waals surface area contributed by atoms with Crippen LogP contribution in [-0.2, 0) is 0 Å². The third-order valence-electron chi connectivity index (χ3n) is 2.34. The molecular formula is C11H6ClIN2O4. The summed E-state index contributed by atoms with van der Waals surface area (Å²) in [7, 11) is 0. The van der Waals surface area contributed by atoms with Crippen LogP contribution >= 0.6 is 34.2 Å². The van der Waals surface area contributed by atoms with Crippen molar-refractivity contribution in [1.29, 1.82) is 0 Å². The normalized spacial score (nSPS) is 10.4. The average molecular weight is 393 g/mol. The number of aromatic amines is 1. The van der Waals surface area contributed by atoms with Crippen molar-refractivity contribution in [2.75, 3.05) is 0 Å². The molecule has 98 valence electrons. The molecule has 1 aromatic carbocycles. The molecule has 0 bridgehead atoms. The Morgan fingerprint density at radius 2 is 2.05 bits per heavy atom. The molecule has 0 fully saturated rings. The predicted octanol–water partition coefficient (Wildman–Crippen LogP) is 1.48. The highest BCUT2D eigenvalue weighted by Gasteiger charge is 2.13. The summed E-state index contributed by atoms with van der Waals surface area (Å²) < 4.78 is 1.71. The standard InChI is InChI=1S/C11H6ClIN2O4/c12-5-1-2-8(7(13)3-5)15-4-6(10(17)18)9(16)14-11(15)19/h1-4H,(H,17,18)(H,14,16,19). The van der Waals surface area contributed by atoms with Crippen LogP contribution in [-0.4, -0.2) is 20.6 Å². The van der Waals surface area contributed by atoms with E-state index in [0.717, 1.165) is 10.8 Å². The van der Waals surface area contributed by atoms with Gasteiger partial charge in [-0.25, -0.2) is 9.59 Å². The lowest BCUT2D eigenvalue weighted by Crippen LogP contribution is -2.32. The topological polar surface area (TPSA) is 92.2 Å². The van der Waals surface area contributed by atoms with E-state index in [4.69, 9.17) is 16.7 Å². The molecule has 6 nitrogen and oxygen atoms in total. The molecule has 0 saturated heterocycles. The van der Waals surface area contributed by atoms with Crippen molar-refractivity contribution in [3.05, 3.63) is 59.4 Å². The van der Waals surface area contributed by atoms with Gasteiger partial charge in [-0.15, -0.1) is 0 Å². The third-order valence-corrected chi connectivity index (χ3v) is 3.44. The van der Waals surface area contributed by atoms with Crippen molar-refractivity contribution < 1.29 is 9.90 Å². The molecule has 8 heteroatoms. The number of nitrogens with one attached hydrogen (secondary N) is 1. The average Bonchev–Trinajstić information content (AvgIpc) is 2.30. The zero-order valence-electron chi connectivity index (χ0n) is 9.18. The SMILES string of the molecule is O=C(O)c1cn(-c2ccc(Cl)cc2I)c(=O)[nH]c1=O. The molecule has 0 aliphatic rings. The van der Waals surface area contributed by atoms with Crippen molar-refractivity contribution in [2.24, 2.45) is 0 Å². The monoisotopic (exact) mass is 392 g/mol. The second kappa shape index (κ2) is 5.17. The molecule has 2 rings (SSSR count). The van der Waals surface area contributed by atoms with Crippen LogP contribution in [0.4, 0.5) is 0 Å². The van der Waals surface area contributed by atoms with Gasteiger partial charge in [0.25, 0.3) is 5.56 Å². The maximum absolute atomic E-state index is 11.7. The number of hydrogen-bond donors (Lipinski definition) is 2. The van der Waals surface area contributed by atoms with Gasteiger partial charge in [-0.3, -0.25) is 14.3 Å². The second-order valence-corrected chi connectivity index (χ2v) is 5.17. The summed E-state index contributed by atoms with van der Waals surface area (Å²) in [6, 6.07) is 4.75. The lowest BCUT2D eigenvalue weighted by Gasteiger charge is -2.08. The van der Waals surface area contributed by atoms with Crippen LogP contribution in [0, 0.1) is 3.57 Å². The van der Waals surface area contributed by atoms with Crippen LogP contribution in [0.1, 0.15) is 10.4 Å². The van der Waals surface area contributed by atoms with E-state index >= 15 is 0 Å². The highest BCUT2D eigenvalue weighted by atomic mass is 127. The van der Waals surface area contributed by atoms with Gasteiger partial charge in [0.1, 0.15) is 5.56 Å². The van der Waals surface area contributed by atoms with E-state index in [2.05, 4.69) is 0 Å². The quantitative estimate of drug-likeness (QED) is 0.757. The Balaban J connectivity index is 2.75. The molecule has 2 N–H and O–H groups in total. The van der Waals surface area contributed by atoms with Crippen molar-refractivity contribution >= 4 is 40.2 Å². The smallest absolute Gasteiger partial charge is 0.342 e. The summed E-state index contributed by atoms with van der Waals surface area (Å²) in [5, 5.41) is 9.37. The van der Waals surface area contributed by atoms with Gasteiger partial charge in [-0.2, -0.15) is 0 Å². The summed E-state index contributed by atoms with van der Waals surface area (Å²) in [4.78, 5) is 35.9. The van der Waals surface area contributed by atoms with E-state index in [9.17, 15) is 14.4 Å². The first-order valence-electron chi connectivity index (χ1n) is 4.95. The molecule has 0 aliphatic carbocycles. The van der Waals surface area contributed by atoms with E-state index < -0.39 is 22.8 Å². The number of aromatic carboxylic acids is 1. The van der Waals surface area contributed by atoms with Crippen molar-refractivity contribution in [3.8, 4) is 5.69 Å². The molecule has 0 spiro atoms. The fraction of sp³-hybridized carbons (Fsp3) is 0. The summed E-state index contributed by atoms with van der Waals surface area (Å²) in [6.07, 6.45) is 0.995. The first-order chi connectivity index (χ1) is 8.90. The molecule has 0 aliphatic heterocycles. The number of carbonyl (C=O) groups is 1. The predicted molar refractivity (Wildman–Crippen MR) is 77.3 cm³/mol. The minimum atomic E-state index is -1.40. The van der Waals surface area contributed by atoms with Gasteiger partial charge in [-0.05, 0) is 40.8 Å². The van der Waals surface area contributed by atoms with E-state index in [1.165, 1.54) is 0 Å². The molecule has 0 atom stereocenters. The highest BCUT2D eigenvalue weighted by Crippen LogP contribution is 2.20. The minimum absolute atomic E-state index is 0.439. The van der Waals surface area contributed by atoms with E-state index in [0.29, 0.717) is 14.3 Å². The fourth-order valence-corrected chi connectivity index (χ4v) is 2.61. The number of rotatable bonds is 2. The number of hydrogen-bond acceptors (Lipinski definition) is 3. The molecule has 0 unspecified atom stereocenters. The summed E-state index contributed by atoms with van der Waals surface area (Å²) >= 11 is 7.77. The Kier molecular flexibility index (Phi) is 3.76. The number of H-pyrrole nitrogens is 1. The zero-order chi connectivity index (χ0) is 14.2. The Hall–Kier alpha value is -1.61. The van der Waals surface area contributed by atoms with Crippen molar-refractivity contribution in [2.45, 2.75) is 0 Å². The van der Waals surface area contributed by atoms with Crippen LogP contribution in [0.15, 0.2) is 34.0 Å². The summed E-state index contributed by atoms with van der Waals surface area (Å²) in [6.45, 7) is 0. The zero-order valence-corrected chi connectivity index (χ0v) is 12.1. The van der Waals surface area contributed by atoms with Gasteiger partial charge in [0.05, 0.1) is 5.69 Å². The Morgan fingerprint density at radius 3 is 2.63 bits per heavy atom. The molecular weight excluding hydrogens is 386 g/mol. The molecule has 2 aromatic rings. The fourth-order valence-electron chi connectivity index (χ4n) is 1.48. The van der Waals surface area contributed by atoms with Crippen LogP contribution in [0.2, 0.25) is 5.02 Å². The van der Waals surface area contributed by atoms with Gasteiger partial charge >= 0.3 is 11.7 Å². The molecule has 1 heterocycles. The third kappa shape index (κ3) is 2.71. The maximum Gasteiger partial charge on any atom is 0.342 e. The van der Waals surface area contributed by atoms with Gasteiger partial charge in [0.2, 0.25) is 0 Å². The van der Waals surface area contributed by atoms with Crippen molar-refractivity contribution in [3.63, 3.8) is 0 Å². The number of aromatic nitrogens is 2. The molecule has 0 radical (unpaired) electrons. The van der Waals surface area contributed by atoms with Crippen molar-refractivity contribution in [1.82, 2.24) is 9.55 Å². The van der Waals surface area contributed by atoms with E-state index in [1.807, 2.05) is 27.6 Å². The second-order valence-electron chi connectivity index (χ2n) is 3.57. The molecule has 0 amide bonds. The summed E-state index contributed by atoms with van der Waals surface area (Å²) in [5.41, 5.74) is -1.72. The minimum Gasteiger partial charge on any atom is -0.477 e. The number of carboxylic acid groups (broad SMARTS) is 1. The summed E-state index contributed by atoms with van der Waals surface area (Å²) in [5.74, 6) is -1.40. The Labute approximate surface area is 124 Å². The van der Waals surface area contributed by atoms with Crippen LogP contribution in [0.5, 0.6) is 0 Å². The van der Waals surface area contributed by atoms with Gasteiger partial charge in [-0.1, -0.05) is 11.6 Å². The van der Waals surface area contributed by atoms with E-state index in [1.54, 1.807) is 18.2 Å². The first-order valence-corrected chi connectivity index (χ1v) is 6.40. The number of halogens is 2. The van der Waals surface area contributed by atoms with E-state index in [-0.39, 0.29) is 0 Å². The Bertz CT molecular complexity index is 781. The lowest BCUT2D eigenvalue weighted by atomic mass is 10.3.